The molecule has 3 aromatic rings. The Hall–Kier alpha value is -4.91. The van der Waals surface area contributed by atoms with Crippen molar-refractivity contribution in [2.24, 2.45) is 10.7 Å². The van der Waals surface area contributed by atoms with Crippen LogP contribution < -0.4 is 11.1 Å². The fourth-order valence-electron chi connectivity index (χ4n) is 4.52. The van der Waals surface area contributed by atoms with Crippen LogP contribution in [0.4, 0.5) is 23.2 Å². The van der Waals surface area contributed by atoms with E-state index in [1.54, 1.807) is 37.3 Å². The number of piperidine rings is 1. The van der Waals surface area contributed by atoms with Gasteiger partial charge in [-0.1, -0.05) is 42.3 Å². The molecule has 0 radical (unpaired) electrons. The SMILES string of the molecule is C#C/C(N)=C1/C(=Nc2ccccc2)N(CC)C(=O)C(NC(=O)c2cccc(C(F)(F)F)c2)C1c1ccc(F)cc1. The number of hydrogen-bond acceptors (Lipinski definition) is 4. The van der Waals surface area contributed by atoms with Crippen LogP contribution in [0, 0.1) is 18.2 Å². The summed E-state index contributed by atoms with van der Waals surface area (Å²) in [7, 11) is 0. The number of carbonyl (C=O) groups is 2. The highest BCUT2D eigenvalue weighted by molar-refractivity contribution is 6.16. The number of nitrogens with zero attached hydrogens (tertiary/aromatic N) is 2. The maximum absolute atomic E-state index is 13.9. The molecule has 1 fully saturated rings. The van der Waals surface area contributed by atoms with E-state index in [9.17, 15) is 27.2 Å². The number of amidine groups is 1. The van der Waals surface area contributed by atoms with Crippen LogP contribution in [0.15, 0.2) is 95.1 Å². The van der Waals surface area contributed by atoms with Gasteiger partial charge in [0.2, 0.25) is 0 Å². The zero-order valence-corrected chi connectivity index (χ0v) is 21.2. The van der Waals surface area contributed by atoms with Crippen LogP contribution in [0.5, 0.6) is 0 Å². The van der Waals surface area contributed by atoms with Crippen molar-refractivity contribution >= 4 is 23.3 Å². The summed E-state index contributed by atoms with van der Waals surface area (Å²) < 4.78 is 53.7. The Morgan fingerprint density at radius 2 is 1.75 bits per heavy atom. The maximum Gasteiger partial charge on any atom is 0.416 e. The van der Waals surface area contributed by atoms with Gasteiger partial charge in [0, 0.05) is 23.6 Å². The lowest BCUT2D eigenvalue weighted by molar-refractivity contribution is -0.137. The third-order valence-corrected chi connectivity index (χ3v) is 6.39. The number of halogens is 4. The van der Waals surface area contributed by atoms with Gasteiger partial charge in [-0.3, -0.25) is 14.5 Å². The number of benzene rings is 3. The van der Waals surface area contributed by atoms with Crippen LogP contribution in [-0.2, 0) is 11.0 Å². The highest BCUT2D eigenvalue weighted by Gasteiger charge is 2.46. The molecule has 2 amide bonds. The molecule has 3 aromatic carbocycles. The van der Waals surface area contributed by atoms with Crippen LogP contribution >= 0.6 is 0 Å². The van der Waals surface area contributed by atoms with Crippen molar-refractivity contribution in [1.29, 1.82) is 0 Å². The van der Waals surface area contributed by atoms with E-state index in [-0.39, 0.29) is 29.2 Å². The largest absolute Gasteiger partial charge is 0.416 e. The highest BCUT2D eigenvalue weighted by Crippen LogP contribution is 2.38. The number of likely N-dealkylation sites (N-methyl/N-ethyl adjacent to an activating group) is 1. The summed E-state index contributed by atoms with van der Waals surface area (Å²) in [6.07, 6.45) is 1.02. The first kappa shape index (κ1) is 28.1. The van der Waals surface area contributed by atoms with Crippen LogP contribution in [-0.4, -0.2) is 35.1 Å². The highest BCUT2D eigenvalue weighted by atomic mass is 19.4. The van der Waals surface area contributed by atoms with Crippen molar-refractivity contribution in [3.63, 3.8) is 0 Å². The lowest BCUT2D eigenvalue weighted by Gasteiger charge is -2.41. The number of alkyl halides is 3. The fraction of sp³-hybridized carbons (Fsp3) is 0.167. The van der Waals surface area contributed by atoms with Gasteiger partial charge in [0.05, 0.1) is 16.9 Å². The molecule has 1 heterocycles. The van der Waals surface area contributed by atoms with Crippen molar-refractivity contribution in [1.82, 2.24) is 10.2 Å². The van der Waals surface area contributed by atoms with Gasteiger partial charge in [0.25, 0.3) is 11.8 Å². The van der Waals surface area contributed by atoms with Gasteiger partial charge in [0.1, 0.15) is 17.7 Å². The predicted molar refractivity (Wildman–Crippen MR) is 143 cm³/mol. The first-order valence-electron chi connectivity index (χ1n) is 12.2. The van der Waals surface area contributed by atoms with E-state index in [0.717, 1.165) is 12.1 Å². The van der Waals surface area contributed by atoms with Crippen LogP contribution in [0.3, 0.4) is 0 Å². The summed E-state index contributed by atoms with van der Waals surface area (Å²) in [6, 6.07) is 16.4. The summed E-state index contributed by atoms with van der Waals surface area (Å²) in [6.45, 7) is 1.80. The molecule has 0 spiro atoms. The minimum atomic E-state index is -4.67. The standard InChI is InChI=1S/C30H24F4N4O2/c1-3-23(35)25-24(18-13-15-21(31)16-14-18)26(37-28(39)19-9-8-10-20(17-19)30(32,33)34)29(40)38(4-2)27(25)36-22-11-6-5-7-12-22/h1,5-17,24,26H,4,35H2,2H3,(H,37,39)/b25-23-,36-27?. The number of nitrogens with two attached hydrogens (primary N) is 1. The third-order valence-electron chi connectivity index (χ3n) is 6.39. The van der Waals surface area contributed by atoms with E-state index in [0.29, 0.717) is 17.3 Å². The summed E-state index contributed by atoms with van der Waals surface area (Å²) in [5.41, 5.74) is 6.01. The normalized spacial score (nSPS) is 19.8. The van der Waals surface area contributed by atoms with Crippen molar-refractivity contribution in [3.05, 3.63) is 113 Å². The van der Waals surface area contributed by atoms with E-state index >= 15 is 0 Å². The van der Waals surface area contributed by atoms with Gasteiger partial charge >= 0.3 is 6.18 Å². The number of nitrogens with one attached hydrogen (secondary N) is 1. The van der Waals surface area contributed by atoms with Crippen molar-refractivity contribution < 1.29 is 27.2 Å². The number of likely N-dealkylation sites (tertiary alicyclic amines) is 1. The molecular formula is C30H24F4N4O2. The van der Waals surface area contributed by atoms with Gasteiger partial charge in [-0.15, -0.1) is 6.42 Å². The maximum atomic E-state index is 13.9. The van der Waals surface area contributed by atoms with Crippen molar-refractivity contribution in [2.75, 3.05) is 6.54 Å². The van der Waals surface area contributed by atoms with Crippen LogP contribution in [0.1, 0.15) is 34.3 Å². The Bertz CT molecular complexity index is 1520. The predicted octanol–water partition coefficient (Wildman–Crippen LogP) is 5.17. The zero-order chi connectivity index (χ0) is 29.0. The molecule has 1 saturated heterocycles. The van der Waals surface area contributed by atoms with Gasteiger partial charge in [-0.05, 0) is 55.0 Å². The summed E-state index contributed by atoms with van der Waals surface area (Å²) in [4.78, 5) is 33.1. The average Bonchev–Trinajstić information content (AvgIpc) is 2.94. The molecule has 0 aromatic heterocycles. The average molecular weight is 549 g/mol. The summed E-state index contributed by atoms with van der Waals surface area (Å²) in [5.74, 6) is -0.575. The van der Waals surface area contributed by atoms with Crippen LogP contribution in [0.25, 0.3) is 0 Å². The smallest absolute Gasteiger partial charge is 0.392 e. The number of allylic oxidation sites excluding steroid dienone is 1. The zero-order valence-electron chi connectivity index (χ0n) is 21.2. The molecule has 4 rings (SSSR count). The number of hydrogen-bond donors (Lipinski definition) is 2. The molecule has 2 unspecified atom stereocenters. The second kappa shape index (κ2) is 11.5. The second-order valence-corrected chi connectivity index (χ2v) is 8.88. The number of carbonyl (C=O) groups excluding carboxylic acids is 2. The van der Waals surface area contributed by atoms with E-state index in [1.165, 1.54) is 35.2 Å². The van der Waals surface area contributed by atoms with E-state index in [4.69, 9.17) is 12.2 Å². The molecule has 0 aliphatic carbocycles. The lowest BCUT2D eigenvalue weighted by atomic mass is 9.78. The van der Waals surface area contributed by atoms with Gasteiger partial charge in [-0.25, -0.2) is 9.38 Å². The molecule has 0 bridgehead atoms. The van der Waals surface area contributed by atoms with Gasteiger partial charge in [0.15, 0.2) is 0 Å². The quantitative estimate of drug-likeness (QED) is 0.341. The Morgan fingerprint density at radius 3 is 2.35 bits per heavy atom. The monoisotopic (exact) mass is 548 g/mol. The first-order valence-corrected chi connectivity index (χ1v) is 12.2. The Kier molecular flexibility index (Phi) is 8.05. The molecule has 2 atom stereocenters. The number of amides is 2. The molecule has 10 heteroatoms. The summed E-state index contributed by atoms with van der Waals surface area (Å²) >= 11 is 0. The van der Waals surface area contributed by atoms with Crippen molar-refractivity contribution in [2.45, 2.75) is 25.1 Å². The van der Waals surface area contributed by atoms with E-state index in [1.807, 2.05) is 0 Å². The minimum absolute atomic E-state index is 0.0757. The van der Waals surface area contributed by atoms with E-state index < -0.39 is 41.3 Å². The molecule has 1 aliphatic rings. The number of terminal acetylenes is 1. The second-order valence-electron chi connectivity index (χ2n) is 8.88. The van der Waals surface area contributed by atoms with E-state index in [2.05, 4.69) is 16.2 Å². The molecule has 0 saturated carbocycles. The topological polar surface area (TPSA) is 87.8 Å². The molecule has 1 aliphatic heterocycles. The fourth-order valence-corrected chi connectivity index (χ4v) is 4.52. The Morgan fingerprint density at radius 1 is 1.07 bits per heavy atom. The minimum Gasteiger partial charge on any atom is -0.392 e. The Labute approximate surface area is 228 Å². The molecular weight excluding hydrogens is 524 g/mol. The van der Waals surface area contributed by atoms with Crippen LogP contribution in [0.2, 0.25) is 0 Å². The summed E-state index contributed by atoms with van der Waals surface area (Å²) in [5, 5.41) is 2.58. The number of para-hydroxylation sites is 1. The van der Waals surface area contributed by atoms with Gasteiger partial charge < -0.3 is 11.1 Å². The van der Waals surface area contributed by atoms with Crippen molar-refractivity contribution in [3.8, 4) is 12.3 Å². The van der Waals surface area contributed by atoms with Gasteiger partial charge in [-0.2, -0.15) is 13.2 Å². The number of aliphatic imine (C=N–C) groups is 1. The molecule has 3 N–H and O–H groups in total. The first-order chi connectivity index (χ1) is 19.0. The lowest BCUT2D eigenvalue weighted by Crippen LogP contribution is -2.59. The molecule has 40 heavy (non-hydrogen) atoms. The Balaban J connectivity index is 1.89. The molecule has 6 nitrogen and oxygen atoms in total. The molecule has 204 valence electrons. The number of rotatable bonds is 5. The third kappa shape index (κ3) is 5.73.